The summed E-state index contributed by atoms with van der Waals surface area (Å²) in [4.78, 5) is 0. The first kappa shape index (κ1) is 10.9. The Hall–Kier alpha value is -0.0800. The van der Waals surface area contributed by atoms with Crippen LogP contribution in [0.2, 0.25) is 0 Å². The second kappa shape index (κ2) is 8.02. The minimum absolute atomic E-state index is 0.648. The predicted octanol–water partition coefficient (Wildman–Crippen LogP) is 2.23. The molecule has 68 valence electrons. The van der Waals surface area contributed by atoms with Crippen LogP contribution >= 0.6 is 0 Å². The fourth-order valence-corrected chi connectivity index (χ4v) is 0.557. The SMILES string of the molecule is C1CO1.CC.CCCC1CO1. The average Bonchev–Trinajstić information content (AvgIpc) is 2.90. The van der Waals surface area contributed by atoms with Crippen LogP contribution in [-0.4, -0.2) is 25.9 Å². The predicted molar refractivity (Wildman–Crippen MR) is 46.8 cm³/mol. The Labute approximate surface area is 69.9 Å². The number of ether oxygens (including phenoxy) is 2. The molecule has 0 amide bonds. The van der Waals surface area contributed by atoms with Crippen molar-refractivity contribution in [3.05, 3.63) is 0 Å². The number of hydrogen-bond acceptors (Lipinski definition) is 2. The van der Waals surface area contributed by atoms with Gasteiger partial charge in [-0.15, -0.1) is 0 Å². The molecule has 0 radical (unpaired) electrons. The zero-order valence-corrected chi connectivity index (χ0v) is 7.93. The summed E-state index contributed by atoms with van der Waals surface area (Å²) in [5.41, 5.74) is 0. The molecule has 2 nitrogen and oxygen atoms in total. The highest BCUT2D eigenvalue weighted by Crippen LogP contribution is 2.14. The lowest BCUT2D eigenvalue weighted by atomic mass is 10.3. The molecule has 0 aromatic carbocycles. The van der Waals surface area contributed by atoms with E-state index in [2.05, 4.69) is 11.7 Å². The summed E-state index contributed by atoms with van der Waals surface area (Å²) in [7, 11) is 0. The van der Waals surface area contributed by atoms with Crippen LogP contribution in [-0.2, 0) is 9.47 Å². The van der Waals surface area contributed by atoms with Crippen molar-refractivity contribution in [3.8, 4) is 0 Å². The summed E-state index contributed by atoms with van der Waals surface area (Å²) >= 11 is 0. The van der Waals surface area contributed by atoms with Crippen LogP contribution in [0.3, 0.4) is 0 Å². The molecule has 1 atom stereocenters. The van der Waals surface area contributed by atoms with Crippen LogP contribution in [0.1, 0.15) is 33.6 Å². The molecule has 2 heteroatoms. The Kier molecular flexibility index (Phi) is 7.96. The van der Waals surface area contributed by atoms with Crippen molar-refractivity contribution in [1.29, 1.82) is 0 Å². The van der Waals surface area contributed by atoms with Gasteiger partial charge in [-0.25, -0.2) is 0 Å². The van der Waals surface area contributed by atoms with Crippen molar-refractivity contribution >= 4 is 0 Å². The molecule has 0 aromatic rings. The van der Waals surface area contributed by atoms with E-state index in [9.17, 15) is 0 Å². The number of hydrogen-bond donors (Lipinski definition) is 0. The van der Waals surface area contributed by atoms with Gasteiger partial charge in [0.2, 0.25) is 0 Å². The Morgan fingerprint density at radius 2 is 1.73 bits per heavy atom. The molecule has 2 aliphatic rings. The standard InChI is InChI=1S/C5H10O.C2H4O.C2H6/c1-2-3-5-4-6-5;1-2-3-1;1-2/h5H,2-4H2,1H3;1-2H2;1-2H3. The Bertz CT molecular complexity index is 65.2. The summed E-state index contributed by atoms with van der Waals surface area (Å²) in [5.74, 6) is 0. The molecular formula is C9H20O2. The fourth-order valence-electron chi connectivity index (χ4n) is 0.557. The quantitative estimate of drug-likeness (QED) is 0.579. The van der Waals surface area contributed by atoms with Gasteiger partial charge in [0.05, 0.1) is 25.9 Å². The highest BCUT2D eigenvalue weighted by molar-refractivity contribution is 4.66. The molecule has 2 fully saturated rings. The second-order valence-electron chi connectivity index (χ2n) is 2.36. The minimum Gasteiger partial charge on any atom is -0.377 e. The van der Waals surface area contributed by atoms with Gasteiger partial charge in [-0.2, -0.15) is 0 Å². The van der Waals surface area contributed by atoms with Crippen molar-refractivity contribution in [1.82, 2.24) is 0 Å². The number of rotatable bonds is 2. The lowest BCUT2D eigenvalue weighted by Crippen LogP contribution is -1.78. The molecule has 0 saturated carbocycles. The van der Waals surface area contributed by atoms with E-state index in [0.717, 1.165) is 19.8 Å². The third-order valence-corrected chi connectivity index (χ3v) is 1.22. The van der Waals surface area contributed by atoms with Crippen LogP contribution < -0.4 is 0 Å². The van der Waals surface area contributed by atoms with E-state index in [1.807, 2.05) is 13.8 Å². The zero-order chi connectivity index (χ0) is 8.53. The summed E-state index contributed by atoms with van der Waals surface area (Å²) in [6, 6.07) is 0. The van der Waals surface area contributed by atoms with Crippen molar-refractivity contribution < 1.29 is 9.47 Å². The van der Waals surface area contributed by atoms with E-state index in [1.54, 1.807) is 0 Å². The van der Waals surface area contributed by atoms with Gasteiger partial charge < -0.3 is 9.47 Å². The first-order valence-corrected chi connectivity index (χ1v) is 4.63. The van der Waals surface area contributed by atoms with E-state index in [4.69, 9.17) is 4.74 Å². The highest BCUT2D eigenvalue weighted by atomic mass is 16.6. The van der Waals surface area contributed by atoms with Crippen LogP contribution in [0.25, 0.3) is 0 Å². The maximum Gasteiger partial charge on any atom is 0.0809 e. The van der Waals surface area contributed by atoms with Gasteiger partial charge in [0.1, 0.15) is 0 Å². The van der Waals surface area contributed by atoms with Gasteiger partial charge in [-0.05, 0) is 6.42 Å². The van der Waals surface area contributed by atoms with Crippen LogP contribution in [0, 0.1) is 0 Å². The molecule has 2 aliphatic heterocycles. The van der Waals surface area contributed by atoms with E-state index >= 15 is 0 Å². The van der Waals surface area contributed by atoms with Gasteiger partial charge in [-0.1, -0.05) is 27.2 Å². The van der Waals surface area contributed by atoms with E-state index < -0.39 is 0 Å². The molecule has 0 aliphatic carbocycles. The molecule has 2 rings (SSSR count). The normalized spacial score (nSPS) is 23.7. The molecule has 0 aromatic heterocycles. The highest BCUT2D eigenvalue weighted by Gasteiger charge is 2.19. The molecule has 2 heterocycles. The largest absolute Gasteiger partial charge is 0.377 e. The fraction of sp³-hybridized carbons (Fsp3) is 1.00. The van der Waals surface area contributed by atoms with Crippen molar-refractivity contribution in [2.45, 2.75) is 39.7 Å². The molecule has 2 saturated heterocycles. The van der Waals surface area contributed by atoms with E-state index in [0.29, 0.717) is 6.10 Å². The molecular weight excluding hydrogens is 140 g/mol. The van der Waals surface area contributed by atoms with Crippen molar-refractivity contribution in [2.75, 3.05) is 19.8 Å². The molecule has 0 bridgehead atoms. The first-order chi connectivity index (χ1) is 5.43. The van der Waals surface area contributed by atoms with Gasteiger partial charge in [-0.3, -0.25) is 0 Å². The minimum atomic E-state index is 0.648. The average molecular weight is 160 g/mol. The zero-order valence-electron chi connectivity index (χ0n) is 7.93. The monoisotopic (exact) mass is 160 g/mol. The van der Waals surface area contributed by atoms with E-state index in [1.165, 1.54) is 12.8 Å². The molecule has 11 heavy (non-hydrogen) atoms. The third-order valence-electron chi connectivity index (χ3n) is 1.22. The topological polar surface area (TPSA) is 25.1 Å². The Morgan fingerprint density at radius 3 is 1.82 bits per heavy atom. The summed E-state index contributed by atoms with van der Waals surface area (Å²) < 4.78 is 9.45. The van der Waals surface area contributed by atoms with Gasteiger partial charge in [0.25, 0.3) is 0 Å². The third kappa shape index (κ3) is 13.0. The first-order valence-electron chi connectivity index (χ1n) is 4.63. The summed E-state index contributed by atoms with van der Waals surface area (Å²) in [6.45, 7) is 9.20. The maximum atomic E-state index is 4.95. The maximum absolute atomic E-state index is 4.95. The molecule has 1 unspecified atom stereocenters. The van der Waals surface area contributed by atoms with Crippen LogP contribution in [0.4, 0.5) is 0 Å². The summed E-state index contributed by atoms with van der Waals surface area (Å²) in [5, 5.41) is 0. The number of epoxide rings is 2. The second-order valence-corrected chi connectivity index (χ2v) is 2.36. The molecule has 0 N–H and O–H groups in total. The van der Waals surface area contributed by atoms with Gasteiger partial charge in [0.15, 0.2) is 0 Å². The molecule has 0 spiro atoms. The lowest BCUT2D eigenvalue weighted by molar-refractivity contribution is 0.395. The summed E-state index contributed by atoms with van der Waals surface area (Å²) in [6.07, 6.45) is 3.18. The lowest BCUT2D eigenvalue weighted by Gasteiger charge is -1.79. The van der Waals surface area contributed by atoms with Crippen LogP contribution in [0.5, 0.6) is 0 Å². The van der Waals surface area contributed by atoms with Gasteiger partial charge >= 0.3 is 0 Å². The van der Waals surface area contributed by atoms with Gasteiger partial charge in [0, 0.05) is 0 Å². The van der Waals surface area contributed by atoms with Crippen molar-refractivity contribution in [2.24, 2.45) is 0 Å². The smallest absolute Gasteiger partial charge is 0.0809 e. The van der Waals surface area contributed by atoms with Crippen molar-refractivity contribution in [3.63, 3.8) is 0 Å². The Balaban J connectivity index is 0.000000169. The Morgan fingerprint density at radius 1 is 1.27 bits per heavy atom. The van der Waals surface area contributed by atoms with Crippen LogP contribution in [0.15, 0.2) is 0 Å². The van der Waals surface area contributed by atoms with E-state index in [-0.39, 0.29) is 0 Å².